The molecule has 1 aliphatic heterocycles. The van der Waals surface area contributed by atoms with E-state index < -0.39 is 0 Å². The van der Waals surface area contributed by atoms with E-state index in [1.54, 1.807) is 29.3 Å². The van der Waals surface area contributed by atoms with Gasteiger partial charge in [-0.3, -0.25) is 0 Å². The Morgan fingerprint density at radius 3 is 2.88 bits per heavy atom. The monoisotopic (exact) mass is 344 g/mol. The summed E-state index contributed by atoms with van der Waals surface area (Å²) in [6.45, 7) is 1.78. The van der Waals surface area contributed by atoms with Crippen LogP contribution in [-0.2, 0) is 4.74 Å². The molecule has 6 nitrogen and oxygen atoms in total. The van der Waals surface area contributed by atoms with Crippen LogP contribution in [0, 0.1) is 5.82 Å². The average molecular weight is 344 g/mol. The van der Waals surface area contributed by atoms with Crippen molar-refractivity contribution in [2.24, 2.45) is 0 Å². The number of hydrogen-bond donors (Lipinski definition) is 1. The van der Waals surface area contributed by atoms with E-state index in [2.05, 4.69) is 10.4 Å². The van der Waals surface area contributed by atoms with Crippen LogP contribution in [0.15, 0.2) is 36.7 Å². The van der Waals surface area contributed by atoms with Crippen molar-refractivity contribution in [1.82, 2.24) is 14.7 Å². The second-order valence-electron chi connectivity index (χ2n) is 6.72. The Balaban J connectivity index is 1.44. The van der Waals surface area contributed by atoms with Crippen molar-refractivity contribution >= 4 is 11.7 Å². The highest BCUT2D eigenvalue weighted by atomic mass is 19.1. The van der Waals surface area contributed by atoms with Crippen molar-refractivity contribution in [3.63, 3.8) is 0 Å². The van der Waals surface area contributed by atoms with Crippen molar-refractivity contribution in [3.8, 4) is 5.69 Å². The first-order chi connectivity index (χ1) is 12.2. The minimum Gasteiger partial charge on any atom is -0.371 e. The van der Waals surface area contributed by atoms with Crippen LogP contribution >= 0.6 is 0 Å². The molecule has 25 heavy (non-hydrogen) atoms. The van der Waals surface area contributed by atoms with E-state index in [-0.39, 0.29) is 17.4 Å². The summed E-state index contributed by atoms with van der Waals surface area (Å²) >= 11 is 0. The molecule has 1 aromatic heterocycles. The van der Waals surface area contributed by atoms with Gasteiger partial charge in [-0.2, -0.15) is 5.10 Å². The van der Waals surface area contributed by atoms with Gasteiger partial charge in [-0.05, 0) is 25.0 Å². The number of halogens is 1. The molecule has 0 atom stereocenters. The van der Waals surface area contributed by atoms with Crippen LogP contribution in [0.25, 0.3) is 5.69 Å². The van der Waals surface area contributed by atoms with Gasteiger partial charge in [0.05, 0.1) is 36.8 Å². The number of aromatic nitrogens is 2. The fraction of sp³-hybridized carbons (Fsp3) is 0.444. The van der Waals surface area contributed by atoms with E-state index >= 15 is 0 Å². The summed E-state index contributed by atoms with van der Waals surface area (Å²) in [5.74, 6) is -0.361. The zero-order valence-corrected chi connectivity index (χ0v) is 13.9. The number of hydrogen-bond acceptors (Lipinski definition) is 3. The molecule has 2 aromatic rings. The fourth-order valence-corrected chi connectivity index (χ4v) is 3.70. The van der Waals surface area contributed by atoms with Crippen molar-refractivity contribution < 1.29 is 13.9 Å². The molecule has 2 amide bonds. The molecule has 1 aromatic carbocycles. The van der Waals surface area contributed by atoms with E-state index in [4.69, 9.17) is 4.74 Å². The van der Waals surface area contributed by atoms with Crippen molar-refractivity contribution in [2.75, 3.05) is 25.0 Å². The molecule has 0 radical (unpaired) electrons. The minimum atomic E-state index is -0.361. The zero-order valence-electron chi connectivity index (χ0n) is 13.9. The molecular weight excluding hydrogens is 323 g/mol. The third kappa shape index (κ3) is 3.24. The summed E-state index contributed by atoms with van der Waals surface area (Å²) in [6, 6.07) is 6.22. The van der Waals surface area contributed by atoms with E-state index in [0.717, 1.165) is 25.7 Å². The Morgan fingerprint density at radius 1 is 1.28 bits per heavy atom. The molecule has 2 heterocycles. The first-order valence-corrected chi connectivity index (χ1v) is 8.65. The van der Waals surface area contributed by atoms with E-state index in [1.165, 1.54) is 16.9 Å². The minimum absolute atomic E-state index is 0.160. The SMILES string of the molecule is O=C(Nc1cnn(-c2ccccc2F)c1)N1CCOC2(CCCC2)C1. The summed E-state index contributed by atoms with van der Waals surface area (Å²) < 4.78 is 21.2. The maximum Gasteiger partial charge on any atom is 0.322 e. The summed E-state index contributed by atoms with van der Waals surface area (Å²) in [5, 5.41) is 6.99. The van der Waals surface area contributed by atoms with Gasteiger partial charge in [0.15, 0.2) is 0 Å². The largest absolute Gasteiger partial charge is 0.371 e. The summed E-state index contributed by atoms with van der Waals surface area (Å²) in [4.78, 5) is 14.4. The van der Waals surface area contributed by atoms with Gasteiger partial charge < -0.3 is 15.0 Å². The molecule has 1 saturated carbocycles. The van der Waals surface area contributed by atoms with Crippen LogP contribution < -0.4 is 5.32 Å². The van der Waals surface area contributed by atoms with E-state index in [9.17, 15) is 9.18 Å². The molecule has 7 heteroatoms. The normalized spacial score (nSPS) is 19.3. The number of nitrogens with zero attached hydrogens (tertiary/aromatic N) is 3. The van der Waals surface area contributed by atoms with Gasteiger partial charge in [0.2, 0.25) is 0 Å². The number of carbonyl (C=O) groups is 1. The highest BCUT2D eigenvalue weighted by Crippen LogP contribution is 2.35. The van der Waals surface area contributed by atoms with Crippen LogP contribution in [0.1, 0.15) is 25.7 Å². The lowest BCUT2D eigenvalue weighted by Crippen LogP contribution is -2.53. The summed E-state index contributed by atoms with van der Waals surface area (Å²) in [5.41, 5.74) is 0.729. The number of para-hydroxylation sites is 1. The number of carbonyl (C=O) groups excluding carboxylic acids is 1. The second-order valence-corrected chi connectivity index (χ2v) is 6.72. The third-order valence-corrected chi connectivity index (χ3v) is 4.98. The highest BCUT2D eigenvalue weighted by Gasteiger charge is 2.40. The van der Waals surface area contributed by atoms with Gasteiger partial charge in [0.25, 0.3) is 0 Å². The maximum absolute atomic E-state index is 13.8. The van der Waals surface area contributed by atoms with Crippen LogP contribution in [0.3, 0.4) is 0 Å². The Kier molecular flexibility index (Phi) is 4.17. The molecule has 2 fully saturated rings. The number of morpholine rings is 1. The van der Waals surface area contributed by atoms with Crippen LogP contribution in [0.4, 0.5) is 14.9 Å². The van der Waals surface area contributed by atoms with Crippen LogP contribution in [0.2, 0.25) is 0 Å². The van der Waals surface area contributed by atoms with E-state index in [0.29, 0.717) is 31.1 Å². The molecule has 0 unspecified atom stereocenters. The maximum atomic E-state index is 13.8. The van der Waals surface area contributed by atoms with Gasteiger partial charge >= 0.3 is 6.03 Å². The van der Waals surface area contributed by atoms with Gasteiger partial charge in [-0.25, -0.2) is 13.9 Å². The molecule has 1 aliphatic carbocycles. The van der Waals surface area contributed by atoms with Crippen molar-refractivity contribution in [3.05, 3.63) is 42.5 Å². The number of ether oxygens (including phenoxy) is 1. The highest BCUT2D eigenvalue weighted by molar-refractivity contribution is 5.89. The Hall–Kier alpha value is -2.41. The Morgan fingerprint density at radius 2 is 2.08 bits per heavy atom. The molecule has 1 N–H and O–H groups in total. The topological polar surface area (TPSA) is 59.4 Å². The molecule has 4 rings (SSSR count). The number of anilines is 1. The zero-order chi connectivity index (χ0) is 17.3. The Bertz CT molecular complexity index is 770. The number of nitrogens with one attached hydrogen (secondary N) is 1. The fourth-order valence-electron chi connectivity index (χ4n) is 3.70. The van der Waals surface area contributed by atoms with Crippen molar-refractivity contribution in [1.29, 1.82) is 0 Å². The molecule has 1 spiro atoms. The van der Waals surface area contributed by atoms with Gasteiger partial charge in [0, 0.05) is 6.54 Å². The molecule has 132 valence electrons. The smallest absolute Gasteiger partial charge is 0.322 e. The average Bonchev–Trinajstić information content (AvgIpc) is 3.25. The number of benzene rings is 1. The number of amides is 2. The quantitative estimate of drug-likeness (QED) is 0.910. The predicted molar refractivity (Wildman–Crippen MR) is 91.3 cm³/mol. The van der Waals surface area contributed by atoms with Crippen molar-refractivity contribution in [2.45, 2.75) is 31.3 Å². The molecule has 0 bridgehead atoms. The number of urea groups is 1. The molecule has 1 saturated heterocycles. The number of rotatable bonds is 2. The summed E-state index contributed by atoms with van der Waals surface area (Å²) in [6.07, 6.45) is 7.48. The van der Waals surface area contributed by atoms with Gasteiger partial charge in [-0.1, -0.05) is 25.0 Å². The first kappa shape index (κ1) is 16.1. The lowest BCUT2D eigenvalue weighted by molar-refractivity contribution is -0.0914. The third-order valence-electron chi connectivity index (χ3n) is 4.98. The Labute approximate surface area is 145 Å². The lowest BCUT2D eigenvalue weighted by Gasteiger charge is -2.40. The van der Waals surface area contributed by atoms with E-state index in [1.807, 2.05) is 0 Å². The first-order valence-electron chi connectivity index (χ1n) is 8.65. The van der Waals surface area contributed by atoms with Crippen LogP contribution in [-0.4, -0.2) is 46.0 Å². The molecule has 2 aliphatic rings. The summed E-state index contributed by atoms with van der Waals surface area (Å²) in [7, 11) is 0. The van der Waals surface area contributed by atoms with Gasteiger partial charge in [0.1, 0.15) is 11.5 Å². The standard InChI is InChI=1S/C18H21FN4O2/c19-15-5-1-2-6-16(15)23-12-14(11-20-23)21-17(24)22-9-10-25-18(13-22)7-3-4-8-18/h1-2,5-6,11-12H,3-4,7-10,13H2,(H,21,24). The van der Waals surface area contributed by atoms with Crippen LogP contribution in [0.5, 0.6) is 0 Å². The second kappa shape index (κ2) is 6.48. The lowest BCUT2D eigenvalue weighted by atomic mass is 10.00. The molecular formula is C18H21FN4O2. The predicted octanol–water partition coefficient (Wildman–Crippen LogP) is 3.19. The van der Waals surface area contributed by atoms with Gasteiger partial charge in [-0.15, -0.1) is 0 Å².